The van der Waals surface area contributed by atoms with Crippen LogP contribution in [0.25, 0.3) is 0 Å². The molecule has 44 heavy (non-hydrogen) atoms. The van der Waals surface area contributed by atoms with Crippen molar-refractivity contribution in [2.75, 3.05) is 6.61 Å². The van der Waals surface area contributed by atoms with Gasteiger partial charge in [-0.25, -0.2) is 0 Å². The number of nitriles is 1. The van der Waals surface area contributed by atoms with Crippen molar-refractivity contribution in [3.05, 3.63) is 139 Å². The van der Waals surface area contributed by atoms with Gasteiger partial charge in [0.1, 0.15) is 5.60 Å². The minimum absolute atomic E-state index is 0.0562. The maximum Gasteiger partial charge on any atom is 0.327 e. The van der Waals surface area contributed by atoms with Crippen molar-refractivity contribution in [1.29, 1.82) is 5.26 Å². The molecule has 0 radical (unpaired) electrons. The van der Waals surface area contributed by atoms with E-state index in [1.807, 2.05) is 74.5 Å². The van der Waals surface area contributed by atoms with E-state index in [0.29, 0.717) is 22.3 Å². The average molecular weight is 715 g/mol. The number of hydrogen-bond acceptors (Lipinski definition) is 5. The van der Waals surface area contributed by atoms with Gasteiger partial charge in [0.15, 0.2) is 11.2 Å². The lowest BCUT2D eigenvalue weighted by Gasteiger charge is -2.54. The molecule has 7 heteroatoms. The third-order valence-electron chi connectivity index (χ3n) is 8.87. The molecule has 0 saturated heterocycles. The summed E-state index contributed by atoms with van der Waals surface area (Å²) in [6.45, 7) is 5.68. The Kier molecular flexibility index (Phi) is 9.27. The minimum atomic E-state index is -1.84. The largest absolute Gasteiger partial charge is 0.465 e. The summed E-state index contributed by atoms with van der Waals surface area (Å²) in [5.41, 5.74) is 0.624. The smallest absolute Gasteiger partial charge is 0.327 e. The third kappa shape index (κ3) is 5.67. The fourth-order valence-corrected chi connectivity index (χ4v) is 7.20. The van der Waals surface area contributed by atoms with Crippen LogP contribution in [0.15, 0.2) is 106 Å². The van der Waals surface area contributed by atoms with Crippen LogP contribution < -0.4 is 0 Å². The van der Waals surface area contributed by atoms with Gasteiger partial charge in [-0.3, -0.25) is 9.59 Å². The summed E-state index contributed by atoms with van der Waals surface area (Å²) in [5, 5.41) is 24.3. The molecule has 1 N–H and O–H groups in total. The van der Waals surface area contributed by atoms with Crippen molar-refractivity contribution >= 4 is 43.6 Å². The first kappa shape index (κ1) is 31.8. The molecular weight excluding hydrogens is 682 g/mol. The Bertz CT molecular complexity index is 1700. The topological polar surface area (TPSA) is 87.4 Å². The van der Waals surface area contributed by atoms with Crippen LogP contribution in [0, 0.1) is 36.5 Å². The number of aryl methyl sites for hydroxylation is 2. The minimum Gasteiger partial charge on any atom is -0.465 e. The monoisotopic (exact) mass is 713 g/mol. The molecule has 0 heterocycles. The number of hydrogen-bond donors (Lipinski definition) is 1. The van der Waals surface area contributed by atoms with Gasteiger partial charge >= 0.3 is 5.97 Å². The van der Waals surface area contributed by atoms with Gasteiger partial charge in [-0.2, -0.15) is 5.26 Å². The number of benzene rings is 4. The number of Topliss-reactive ketones (excluding diaryl/α,β-unsaturated/α-hetero) is 1. The molecule has 224 valence electrons. The van der Waals surface area contributed by atoms with Gasteiger partial charge < -0.3 is 9.84 Å². The lowest BCUT2D eigenvalue weighted by atomic mass is 9.47. The molecule has 0 unspecified atom stereocenters. The molecule has 0 amide bonds. The van der Waals surface area contributed by atoms with Crippen molar-refractivity contribution in [3.63, 3.8) is 0 Å². The second-order valence-electron chi connectivity index (χ2n) is 11.5. The Morgan fingerprint density at radius 3 is 1.84 bits per heavy atom. The van der Waals surface area contributed by atoms with Gasteiger partial charge in [-0.05, 0) is 68.1 Å². The fourth-order valence-electron chi connectivity index (χ4n) is 6.67. The first-order chi connectivity index (χ1) is 21.0. The summed E-state index contributed by atoms with van der Waals surface area (Å²) < 4.78 is 7.32. The zero-order valence-electron chi connectivity index (χ0n) is 24.8. The van der Waals surface area contributed by atoms with Gasteiger partial charge in [0.25, 0.3) is 0 Å². The SMILES string of the molecule is CCOC(=O)[C@]1(C#N)[C@@H](c2ccc(C)cc2)C[C@@](O)(c2ccc(Br)cc2)[C@H](C(=O)c2ccc(Br)cc2)[C@H]1c1ccc(C)cc1. The van der Waals surface area contributed by atoms with Gasteiger partial charge in [0.05, 0.1) is 18.6 Å². The standard InChI is InChI=1S/C37H33Br2NO4/c1-4-44-35(42)36(22-40)31(25-9-5-23(2)6-10-25)21-37(43,28-15-19-30(39)20-16-28)33(32(36)26-11-7-24(3)8-12-26)34(41)27-13-17-29(38)18-14-27/h5-20,31-33,43H,4,21H2,1-3H3/t31-,32-,33+,36-,37-/m1/s1. The van der Waals surface area contributed by atoms with Crippen LogP contribution in [0.2, 0.25) is 0 Å². The van der Waals surface area contributed by atoms with E-state index in [9.17, 15) is 20.0 Å². The van der Waals surface area contributed by atoms with E-state index in [1.165, 1.54) is 0 Å². The highest BCUT2D eigenvalue weighted by Gasteiger charge is 2.67. The van der Waals surface area contributed by atoms with Crippen LogP contribution in [0.5, 0.6) is 0 Å². The van der Waals surface area contributed by atoms with Crippen LogP contribution in [-0.2, 0) is 15.1 Å². The molecular formula is C37H33Br2NO4. The molecule has 4 aromatic carbocycles. The molecule has 5 rings (SSSR count). The molecule has 0 aliphatic heterocycles. The molecule has 0 aromatic heterocycles. The molecule has 4 aromatic rings. The van der Waals surface area contributed by atoms with E-state index in [1.54, 1.807) is 43.3 Å². The number of ketones is 1. The van der Waals surface area contributed by atoms with E-state index in [2.05, 4.69) is 37.9 Å². The van der Waals surface area contributed by atoms with E-state index in [0.717, 1.165) is 20.1 Å². The van der Waals surface area contributed by atoms with Crippen LogP contribution in [0.4, 0.5) is 0 Å². The second-order valence-corrected chi connectivity index (χ2v) is 13.4. The van der Waals surface area contributed by atoms with Crippen molar-refractivity contribution in [1.82, 2.24) is 0 Å². The third-order valence-corrected chi connectivity index (χ3v) is 9.93. The molecule has 1 aliphatic carbocycles. The number of nitrogens with zero attached hydrogens (tertiary/aromatic N) is 1. The van der Waals surface area contributed by atoms with E-state index in [4.69, 9.17) is 4.74 Å². The molecule has 5 nitrogen and oxygen atoms in total. The number of halogens is 2. The first-order valence-corrected chi connectivity index (χ1v) is 16.1. The lowest BCUT2D eigenvalue weighted by molar-refractivity contribution is -0.164. The zero-order valence-corrected chi connectivity index (χ0v) is 27.9. The number of carbonyl (C=O) groups excluding carboxylic acids is 2. The zero-order chi connectivity index (χ0) is 31.6. The molecule has 1 aliphatic rings. The van der Waals surface area contributed by atoms with Crippen molar-refractivity contribution in [3.8, 4) is 6.07 Å². The van der Waals surface area contributed by atoms with Crippen LogP contribution in [-0.4, -0.2) is 23.5 Å². The quantitative estimate of drug-likeness (QED) is 0.153. The molecule has 5 atom stereocenters. The second kappa shape index (κ2) is 12.8. The number of aliphatic hydroxyl groups is 1. The lowest BCUT2D eigenvalue weighted by Crippen LogP contribution is -2.59. The number of esters is 1. The molecule has 0 bridgehead atoms. The Hall–Kier alpha value is -3.57. The summed E-state index contributed by atoms with van der Waals surface area (Å²) in [4.78, 5) is 29.2. The Balaban J connectivity index is 1.89. The maximum absolute atomic E-state index is 14.8. The van der Waals surface area contributed by atoms with Crippen molar-refractivity contribution in [2.24, 2.45) is 11.3 Å². The maximum atomic E-state index is 14.8. The molecule has 0 spiro atoms. The predicted molar refractivity (Wildman–Crippen MR) is 177 cm³/mol. The predicted octanol–water partition coefficient (Wildman–Crippen LogP) is 8.56. The van der Waals surface area contributed by atoms with Crippen LogP contribution in [0.3, 0.4) is 0 Å². The number of carbonyl (C=O) groups is 2. The Morgan fingerprint density at radius 1 is 0.841 bits per heavy atom. The highest BCUT2D eigenvalue weighted by Crippen LogP contribution is 2.63. The van der Waals surface area contributed by atoms with Gasteiger partial charge in [0, 0.05) is 26.3 Å². The van der Waals surface area contributed by atoms with Crippen molar-refractivity contribution < 1.29 is 19.4 Å². The van der Waals surface area contributed by atoms with Crippen LogP contribution in [0.1, 0.15) is 63.4 Å². The average Bonchev–Trinajstić information content (AvgIpc) is 3.02. The highest BCUT2D eigenvalue weighted by molar-refractivity contribution is 9.10. The van der Waals surface area contributed by atoms with Gasteiger partial charge in [0.2, 0.25) is 0 Å². The normalized spacial score (nSPS) is 24.7. The van der Waals surface area contributed by atoms with E-state index >= 15 is 0 Å². The summed E-state index contributed by atoms with van der Waals surface area (Å²) in [7, 11) is 0. The summed E-state index contributed by atoms with van der Waals surface area (Å²) >= 11 is 6.94. The van der Waals surface area contributed by atoms with E-state index < -0.39 is 34.7 Å². The highest BCUT2D eigenvalue weighted by atomic mass is 79.9. The Morgan fingerprint density at radius 2 is 1.34 bits per heavy atom. The van der Waals surface area contributed by atoms with Crippen molar-refractivity contribution in [2.45, 2.75) is 44.6 Å². The number of rotatable bonds is 7. The van der Waals surface area contributed by atoms with Gasteiger partial charge in [-0.15, -0.1) is 0 Å². The van der Waals surface area contributed by atoms with E-state index in [-0.39, 0.29) is 18.8 Å². The first-order valence-electron chi connectivity index (χ1n) is 14.5. The molecule has 1 fully saturated rings. The molecule has 1 saturated carbocycles. The summed E-state index contributed by atoms with van der Waals surface area (Å²) in [6, 6.07) is 31.8. The number of ether oxygens (including phenoxy) is 1. The fraction of sp³-hybridized carbons (Fsp3) is 0.270. The van der Waals surface area contributed by atoms with Crippen LogP contribution >= 0.6 is 31.9 Å². The van der Waals surface area contributed by atoms with Gasteiger partial charge in [-0.1, -0.05) is 116 Å². The summed E-state index contributed by atoms with van der Waals surface area (Å²) in [6.07, 6.45) is -0.0562. The Labute approximate surface area is 275 Å². The summed E-state index contributed by atoms with van der Waals surface area (Å²) in [5.74, 6) is -4.14.